The van der Waals surface area contributed by atoms with Crippen LogP contribution in [0.15, 0.2) is 59.5 Å². The number of benzene rings is 1. The van der Waals surface area contributed by atoms with Crippen LogP contribution in [0.3, 0.4) is 0 Å². The van der Waals surface area contributed by atoms with Crippen LogP contribution in [0.4, 0.5) is 5.69 Å². The standard InChI is InChI=1S/C15H10N6O2/c22-14(13-19-15-16-6-2-8-21(15)20-13)18-11-4-1-3-10(9-11)12-5-7-17-23-12/h1-9H,(H,18,22). The van der Waals surface area contributed by atoms with Gasteiger partial charge in [-0.15, -0.1) is 5.10 Å². The van der Waals surface area contributed by atoms with E-state index in [0.29, 0.717) is 17.2 Å². The summed E-state index contributed by atoms with van der Waals surface area (Å²) in [4.78, 5) is 20.4. The number of anilines is 1. The Morgan fingerprint density at radius 1 is 1.17 bits per heavy atom. The van der Waals surface area contributed by atoms with E-state index < -0.39 is 5.91 Å². The van der Waals surface area contributed by atoms with Crippen LogP contribution in [0, 0.1) is 0 Å². The first-order valence-electron chi connectivity index (χ1n) is 6.79. The predicted molar refractivity (Wildman–Crippen MR) is 80.7 cm³/mol. The number of fused-ring (bicyclic) bond motifs is 1. The molecule has 112 valence electrons. The highest BCUT2D eigenvalue weighted by molar-refractivity contribution is 6.02. The summed E-state index contributed by atoms with van der Waals surface area (Å²) in [7, 11) is 0. The Labute approximate surface area is 129 Å². The van der Waals surface area contributed by atoms with E-state index in [9.17, 15) is 4.79 Å². The van der Waals surface area contributed by atoms with Crippen LogP contribution in [0.25, 0.3) is 17.1 Å². The molecule has 0 atom stereocenters. The van der Waals surface area contributed by atoms with Crippen molar-refractivity contribution in [2.75, 3.05) is 5.32 Å². The van der Waals surface area contributed by atoms with Crippen LogP contribution in [0.5, 0.6) is 0 Å². The van der Waals surface area contributed by atoms with Gasteiger partial charge in [0.25, 0.3) is 11.7 Å². The van der Waals surface area contributed by atoms with Gasteiger partial charge in [-0.25, -0.2) is 9.50 Å². The number of hydrogen-bond acceptors (Lipinski definition) is 6. The van der Waals surface area contributed by atoms with Crippen molar-refractivity contribution in [2.45, 2.75) is 0 Å². The number of rotatable bonds is 3. The normalized spacial score (nSPS) is 10.8. The molecule has 0 bridgehead atoms. The van der Waals surface area contributed by atoms with Crippen molar-refractivity contribution >= 4 is 17.4 Å². The molecule has 0 fully saturated rings. The lowest BCUT2D eigenvalue weighted by Gasteiger charge is -2.03. The second-order valence-corrected chi connectivity index (χ2v) is 4.71. The molecule has 1 aromatic carbocycles. The van der Waals surface area contributed by atoms with Crippen molar-refractivity contribution in [2.24, 2.45) is 0 Å². The van der Waals surface area contributed by atoms with E-state index in [4.69, 9.17) is 4.52 Å². The van der Waals surface area contributed by atoms with Gasteiger partial charge in [-0.3, -0.25) is 4.79 Å². The fourth-order valence-corrected chi connectivity index (χ4v) is 2.13. The Bertz CT molecular complexity index is 943. The predicted octanol–water partition coefficient (Wildman–Crippen LogP) is 2.03. The maximum atomic E-state index is 12.3. The van der Waals surface area contributed by atoms with Gasteiger partial charge in [0.2, 0.25) is 5.82 Å². The molecule has 0 aliphatic rings. The zero-order chi connectivity index (χ0) is 15.6. The van der Waals surface area contributed by atoms with Crippen LogP contribution in [0.2, 0.25) is 0 Å². The highest BCUT2D eigenvalue weighted by atomic mass is 16.5. The average Bonchev–Trinajstić information content (AvgIpc) is 3.24. The topological polar surface area (TPSA) is 98.2 Å². The van der Waals surface area contributed by atoms with Crippen molar-refractivity contribution < 1.29 is 9.32 Å². The first-order chi connectivity index (χ1) is 11.3. The molecule has 0 saturated carbocycles. The molecule has 4 aromatic rings. The highest BCUT2D eigenvalue weighted by Gasteiger charge is 2.14. The minimum Gasteiger partial charge on any atom is -0.356 e. The molecule has 0 spiro atoms. The summed E-state index contributed by atoms with van der Waals surface area (Å²) in [5, 5.41) is 10.5. The van der Waals surface area contributed by atoms with E-state index >= 15 is 0 Å². The van der Waals surface area contributed by atoms with Crippen molar-refractivity contribution in [3.8, 4) is 11.3 Å². The summed E-state index contributed by atoms with van der Waals surface area (Å²) in [6, 6.07) is 10.7. The van der Waals surface area contributed by atoms with Gasteiger partial charge in [0.15, 0.2) is 5.76 Å². The van der Waals surface area contributed by atoms with Gasteiger partial charge in [-0.1, -0.05) is 17.3 Å². The van der Waals surface area contributed by atoms with Gasteiger partial charge in [0.05, 0.1) is 6.20 Å². The quantitative estimate of drug-likeness (QED) is 0.622. The van der Waals surface area contributed by atoms with E-state index in [0.717, 1.165) is 5.56 Å². The SMILES string of the molecule is O=C(Nc1cccc(-c2ccno2)c1)c1nc2ncccn2n1. The van der Waals surface area contributed by atoms with E-state index in [2.05, 4.69) is 25.5 Å². The molecule has 0 radical (unpaired) electrons. The molecule has 8 nitrogen and oxygen atoms in total. The second kappa shape index (κ2) is 5.34. The lowest BCUT2D eigenvalue weighted by atomic mass is 10.1. The van der Waals surface area contributed by atoms with E-state index in [-0.39, 0.29) is 5.82 Å². The summed E-state index contributed by atoms with van der Waals surface area (Å²) >= 11 is 0. The number of aromatic nitrogens is 5. The Balaban J connectivity index is 1.60. The molecule has 23 heavy (non-hydrogen) atoms. The van der Waals surface area contributed by atoms with Crippen molar-refractivity contribution in [3.05, 3.63) is 60.8 Å². The van der Waals surface area contributed by atoms with E-state index in [1.807, 2.05) is 12.1 Å². The van der Waals surface area contributed by atoms with Gasteiger partial charge < -0.3 is 9.84 Å². The summed E-state index contributed by atoms with van der Waals surface area (Å²) in [5.41, 5.74) is 1.42. The molecule has 3 aromatic heterocycles. The van der Waals surface area contributed by atoms with Crippen molar-refractivity contribution in [3.63, 3.8) is 0 Å². The van der Waals surface area contributed by atoms with Gasteiger partial charge in [0.1, 0.15) is 0 Å². The third-order valence-corrected chi connectivity index (χ3v) is 3.16. The molecular weight excluding hydrogens is 296 g/mol. The fourth-order valence-electron chi connectivity index (χ4n) is 2.13. The Morgan fingerprint density at radius 3 is 2.96 bits per heavy atom. The zero-order valence-corrected chi connectivity index (χ0v) is 11.7. The van der Waals surface area contributed by atoms with Gasteiger partial charge in [-0.05, 0) is 18.2 Å². The molecular formula is C15H10N6O2. The number of nitrogens with one attached hydrogen (secondary N) is 1. The van der Waals surface area contributed by atoms with Crippen LogP contribution < -0.4 is 5.32 Å². The molecule has 1 N–H and O–H groups in total. The Kier molecular flexibility index (Phi) is 3.05. The maximum absolute atomic E-state index is 12.3. The van der Waals surface area contributed by atoms with Crippen molar-refractivity contribution in [1.82, 2.24) is 24.7 Å². The van der Waals surface area contributed by atoms with Gasteiger partial charge >= 0.3 is 0 Å². The third-order valence-electron chi connectivity index (χ3n) is 3.16. The summed E-state index contributed by atoms with van der Waals surface area (Å²) in [6.07, 6.45) is 4.83. The third kappa shape index (κ3) is 2.53. The van der Waals surface area contributed by atoms with Gasteiger partial charge in [0, 0.05) is 29.7 Å². The maximum Gasteiger partial charge on any atom is 0.295 e. The van der Waals surface area contributed by atoms with Crippen molar-refractivity contribution in [1.29, 1.82) is 0 Å². The number of hydrogen-bond donors (Lipinski definition) is 1. The molecule has 0 unspecified atom stereocenters. The summed E-state index contributed by atoms with van der Waals surface area (Å²) < 4.78 is 6.55. The van der Waals surface area contributed by atoms with E-state index in [1.54, 1.807) is 42.9 Å². The number of amides is 1. The fraction of sp³-hybridized carbons (Fsp3) is 0. The largest absolute Gasteiger partial charge is 0.356 e. The Hall–Kier alpha value is -3.55. The lowest BCUT2D eigenvalue weighted by Crippen LogP contribution is -2.13. The smallest absolute Gasteiger partial charge is 0.295 e. The number of carbonyl (C=O) groups is 1. The highest BCUT2D eigenvalue weighted by Crippen LogP contribution is 2.22. The molecule has 0 aliphatic carbocycles. The minimum atomic E-state index is -0.412. The minimum absolute atomic E-state index is 0.0498. The lowest BCUT2D eigenvalue weighted by molar-refractivity contribution is 0.101. The molecule has 1 amide bonds. The second-order valence-electron chi connectivity index (χ2n) is 4.71. The first kappa shape index (κ1) is 13.1. The first-order valence-corrected chi connectivity index (χ1v) is 6.79. The van der Waals surface area contributed by atoms with E-state index in [1.165, 1.54) is 4.52 Å². The average molecular weight is 306 g/mol. The van der Waals surface area contributed by atoms with Gasteiger partial charge in [-0.2, -0.15) is 4.98 Å². The molecule has 0 aliphatic heterocycles. The zero-order valence-electron chi connectivity index (χ0n) is 11.7. The number of carbonyl (C=O) groups excluding carboxylic acids is 1. The van der Waals surface area contributed by atoms with Crippen LogP contribution in [-0.2, 0) is 0 Å². The molecule has 0 saturated heterocycles. The number of nitrogens with zero attached hydrogens (tertiary/aromatic N) is 5. The molecule has 3 heterocycles. The molecule has 4 rings (SSSR count). The Morgan fingerprint density at radius 2 is 2.13 bits per heavy atom. The summed E-state index contributed by atoms with van der Waals surface area (Å²) in [5.74, 6) is 0.628. The molecule has 8 heteroatoms. The van der Waals surface area contributed by atoms with Crippen LogP contribution in [-0.4, -0.2) is 30.6 Å². The monoisotopic (exact) mass is 306 g/mol. The summed E-state index contributed by atoms with van der Waals surface area (Å²) in [6.45, 7) is 0. The van der Waals surface area contributed by atoms with Crippen LogP contribution in [0.1, 0.15) is 10.6 Å². The van der Waals surface area contributed by atoms with Crippen LogP contribution >= 0.6 is 0 Å².